The molecule has 2 aromatic rings. The zero-order chi connectivity index (χ0) is 13.7. The first-order valence-corrected chi connectivity index (χ1v) is 5.97. The van der Waals surface area contributed by atoms with E-state index < -0.39 is 0 Å². The molecule has 7 nitrogen and oxygen atoms in total. The number of nitrogens with two attached hydrogens (primary N) is 1. The van der Waals surface area contributed by atoms with Gasteiger partial charge in [0.25, 0.3) is 5.91 Å². The summed E-state index contributed by atoms with van der Waals surface area (Å²) in [5, 5.41) is 2.80. The molecule has 19 heavy (non-hydrogen) atoms. The molecule has 100 valence electrons. The fraction of sp³-hybridized carbons (Fsp3) is 0.333. The second kappa shape index (κ2) is 5.94. The largest absolute Gasteiger partial charge is 0.382 e. The van der Waals surface area contributed by atoms with Crippen LogP contribution in [0.25, 0.3) is 0 Å². The van der Waals surface area contributed by atoms with Crippen LogP contribution in [-0.2, 0) is 6.54 Å². The summed E-state index contributed by atoms with van der Waals surface area (Å²) >= 11 is 0. The van der Waals surface area contributed by atoms with Gasteiger partial charge in [-0.05, 0) is 5.92 Å². The minimum atomic E-state index is -0.303. The summed E-state index contributed by atoms with van der Waals surface area (Å²) < 4.78 is 1.97. The average Bonchev–Trinajstić information content (AvgIpc) is 2.89. The smallest absolute Gasteiger partial charge is 0.273 e. The monoisotopic (exact) mass is 260 g/mol. The number of imidazole rings is 1. The zero-order valence-corrected chi connectivity index (χ0v) is 10.7. The van der Waals surface area contributed by atoms with Crippen LogP contribution in [0.1, 0.15) is 17.4 Å². The van der Waals surface area contributed by atoms with E-state index in [1.165, 1.54) is 12.4 Å². The Morgan fingerprint density at radius 1 is 1.42 bits per heavy atom. The molecule has 1 amide bonds. The molecule has 0 saturated carbocycles. The molecule has 1 atom stereocenters. The van der Waals surface area contributed by atoms with E-state index in [9.17, 15) is 4.79 Å². The summed E-state index contributed by atoms with van der Waals surface area (Å²) in [5.74, 6) is 0.112. The highest BCUT2D eigenvalue weighted by atomic mass is 16.1. The standard InChI is InChI=1S/C12H16N6O/c1-9(7-18-5-4-14-8-18)6-17-12(19)10-11(13)16-3-2-15-10/h2-5,8-9H,6-7H2,1H3,(H2,13,16)(H,17,19)/t9-/m0/s1. The topological polar surface area (TPSA) is 98.7 Å². The van der Waals surface area contributed by atoms with Crippen LogP contribution in [0.5, 0.6) is 0 Å². The summed E-state index contributed by atoms with van der Waals surface area (Å²) in [6.45, 7) is 3.36. The molecule has 0 saturated heterocycles. The van der Waals surface area contributed by atoms with Crippen molar-refractivity contribution in [1.29, 1.82) is 0 Å². The Bertz CT molecular complexity index is 539. The maximum Gasteiger partial charge on any atom is 0.273 e. The van der Waals surface area contributed by atoms with Crippen LogP contribution in [0.2, 0.25) is 0 Å². The van der Waals surface area contributed by atoms with Crippen LogP contribution in [0, 0.1) is 5.92 Å². The molecule has 0 aliphatic rings. The van der Waals surface area contributed by atoms with Gasteiger partial charge in [0, 0.05) is 37.9 Å². The molecule has 0 aromatic carbocycles. The summed E-state index contributed by atoms with van der Waals surface area (Å²) in [4.78, 5) is 23.6. The van der Waals surface area contributed by atoms with E-state index in [4.69, 9.17) is 5.73 Å². The molecule has 0 spiro atoms. The first kappa shape index (κ1) is 13.0. The lowest BCUT2D eigenvalue weighted by molar-refractivity contribution is 0.0942. The lowest BCUT2D eigenvalue weighted by atomic mass is 10.2. The van der Waals surface area contributed by atoms with Crippen molar-refractivity contribution in [2.45, 2.75) is 13.5 Å². The Morgan fingerprint density at radius 3 is 2.89 bits per heavy atom. The van der Waals surface area contributed by atoms with Gasteiger partial charge >= 0.3 is 0 Å². The lowest BCUT2D eigenvalue weighted by Crippen LogP contribution is -2.31. The number of nitrogens with zero attached hydrogens (tertiary/aromatic N) is 4. The molecular weight excluding hydrogens is 244 g/mol. The molecule has 2 rings (SSSR count). The van der Waals surface area contributed by atoms with Gasteiger partial charge in [0.1, 0.15) is 0 Å². The third-order valence-corrected chi connectivity index (χ3v) is 2.63. The van der Waals surface area contributed by atoms with Crippen molar-refractivity contribution in [3.05, 3.63) is 36.8 Å². The van der Waals surface area contributed by atoms with Gasteiger partial charge in [0.15, 0.2) is 11.5 Å². The number of aromatic nitrogens is 4. The Hall–Kier alpha value is -2.44. The number of nitrogen functional groups attached to an aromatic ring is 1. The Balaban J connectivity index is 1.85. The van der Waals surface area contributed by atoms with Gasteiger partial charge in [-0.2, -0.15) is 0 Å². The average molecular weight is 260 g/mol. The minimum absolute atomic E-state index is 0.141. The maximum atomic E-state index is 11.9. The van der Waals surface area contributed by atoms with Crippen LogP contribution in [0.3, 0.4) is 0 Å². The van der Waals surface area contributed by atoms with Crippen molar-refractivity contribution in [1.82, 2.24) is 24.8 Å². The summed E-state index contributed by atoms with van der Waals surface area (Å²) in [6.07, 6.45) is 8.26. The number of anilines is 1. The van der Waals surface area contributed by atoms with Crippen molar-refractivity contribution in [3.63, 3.8) is 0 Å². The molecule has 0 aliphatic carbocycles. The van der Waals surface area contributed by atoms with Crippen LogP contribution in [0.15, 0.2) is 31.1 Å². The van der Waals surface area contributed by atoms with Gasteiger partial charge in [0.05, 0.1) is 6.33 Å². The van der Waals surface area contributed by atoms with Gasteiger partial charge in [-0.1, -0.05) is 6.92 Å². The number of carbonyl (C=O) groups excluding carboxylic acids is 1. The number of hydrogen-bond acceptors (Lipinski definition) is 5. The first-order chi connectivity index (χ1) is 9.16. The highest BCUT2D eigenvalue weighted by Gasteiger charge is 2.12. The van der Waals surface area contributed by atoms with Crippen LogP contribution >= 0.6 is 0 Å². The minimum Gasteiger partial charge on any atom is -0.382 e. The third-order valence-electron chi connectivity index (χ3n) is 2.63. The Morgan fingerprint density at radius 2 is 2.21 bits per heavy atom. The Kier molecular flexibility index (Phi) is 4.07. The molecule has 3 N–H and O–H groups in total. The number of carbonyl (C=O) groups is 1. The van der Waals surface area contributed by atoms with Crippen molar-refractivity contribution < 1.29 is 4.79 Å². The van der Waals surface area contributed by atoms with E-state index in [1.807, 2.05) is 17.7 Å². The molecule has 0 fully saturated rings. The van der Waals surface area contributed by atoms with Gasteiger partial charge in [-0.25, -0.2) is 15.0 Å². The molecular formula is C12H16N6O. The number of hydrogen-bond donors (Lipinski definition) is 2. The molecule has 2 aromatic heterocycles. The van der Waals surface area contributed by atoms with Crippen LogP contribution in [-0.4, -0.2) is 32.0 Å². The Labute approximate surface area is 110 Å². The van der Waals surface area contributed by atoms with E-state index in [-0.39, 0.29) is 23.3 Å². The molecule has 0 radical (unpaired) electrons. The second-order valence-corrected chi connectivity index (χ2v) is 4.36. The van der Waals surface area contributed by atoms with Crippen molar-refractivity contribution in [2.24, 2.45) is 5.92 Å². The quantitative estimate of drug-likeness (QED) is 0.806. The van der Waals surface area contributed by atoms with E-state index >= 15 is 0 Å². The van der Waals surface area contributed by atoms with Gasteiger partial charge in [-0.3, -0.25) is 4.79 Å². The number of nitrogens with one attached hydrogen (secondary N) is 1. The number of amides is 1. The van der Waals surface area contributed by atoms with Gasteiger partial charge in [-0.15, -0.1) is 0 Å². The van der Waals surface area contributed by atoms with Crippen molar-refractivity contribution in [2.75, 3.05) is 12.3 Å². The lowest BCUT2D eigenvalue weighted by Gasteiger charge is -2.13. The predicted molar refractivity (Wildman–Crippen MR) is 70.2 cm³/mol. The summed E-state index contributed by atoms with van der Waals surface area (Å²) in [7, 11) is 0. The first-order valence-electron chi connectivity index (χ1n) is 5.97. The predicted octanol–water partition coefficient (Wildman–Crippen LogP) is 0.321. The van der Waals surface area contributed by atoms with Crippen LogP contribution < -0.4 is 11.1 Å². The second-order valence-electron chi connectivity index (χ2n) is 4.36. The SMILES string of the molecule is C[C@@H](CNC(=O)c1nccnc1N)Cn1ccnc1. The summed E-state index contributed by atoms with van der Waals surface area (Å²) in [5.41, 5.74) is 5.75. The van der Waals surface area contributed by atoms with Crippen molar-refractivity contribution in [3.8, 4) is 0 Å². The molecule has 0 unspecified atom stereocenters. The zero-order valence-electron chi connectivity index (χ0n) is 10.7. The van der Waals surface area contributed by atoms with Gasteiger partial charge in [0.2, 0.25) is 0 Å². The molecule has 7 heteroatoms. The normalized spacial score (nSPS) is 12.1. The number of rotatable bonds is 5. The van der Waals surface area contributed by atoms with E-state index in [2.05, 4.69) is 20.3 Å². The fourth-order valence-corrected chi connectivity index (χ4v) is 1.69. The van der Waals surface area contributed by atoms with Crippen molar-refractivity contribution >= 4 is 11.7 Å². The van der Waals surface area contributed by atoms with Gasteiger partial charge < -0.3 is 15.6 Å². The molecule has 0 aliphatic heterocycles. The van der Waals surface area contributed by atoms with E-state index in [0.717, 1.165) is 6.54 Å². The van der Waals surface area contributed by atoms with E-state index in [0.29, 0.717) is 6.54 Å². The maximum absolute atomic E-state index is 11.9. The highest BCUT2D eigenvalue weighted by molar-refractivity contribution is 5.96. The summed E-state index contributed by atoms with van der Waals surface area (Å²) in [6, 6.07) is 0. The molecule has 0 bridgehead atoms. The highest BCUT2D eigenvalue weighted by Crippen LogP contribution is 2.04. The third kappa shape index (κ3) is 3.51. The van der Waals surface area contributed by atoms with E-state index in [1.54, 1.807) is 12.5 Å². The molecule has 2 heterocycles. The van der Waals surface area contributed by atoms with Crippen LogP contribution in [0.4, 0.5) is 5.82 Å². The fourth-order valence-electron chi connectivity index (χ4n) is 1.69.